The molecule has 5 nitrogen and oxygen atoms in total. The average Bonchev–Trinajstić information content (AvgIpc) is 2.64. The van der Waals surface area contributed by atoms with Gasteiger partial charge in [0.2, 0.25) is 0 Å². The number of benzene rings is 1. The summed E-state index contributed by atoms with van der Waals surface area (Å²) in [7, 11) is 1.24. The zero-order valence-corrected chi connectivity index (χ0v) is 14.0. The van der Waals surface area contributed by atoms with Crippen LogP contribution in [0, 0.1) is 0 Å². The normalized spacial score (nSPS) is 11.1. The topological polar surface area (TPSA) is 59.5 Å². The minimum absolute atomic E-state index is 0.0320. The van der Waals surface area contributed by atoms with Gasteiger partial charge in [-0.05, 0) is 36.4 Å². The maximum atomic E-state index is 12.7. The molecule has 8 heteroatoms. The van der Waals surface area contributed by atoms with Gasteiger partial charge < -0.3 is 9.64 Å². The van der Waals surface area contributed by atoms with E-state index in [1.165, 1.54) is 12.0 Å². The number of carbonyl (C=O) groups excluding carboxylic acids is 2. The number of alkyl halides is 3. The van der Waals surface area contributed by atoms with Crippen molar-refractivity contribution in [2.75, 3.05) is 13.7 Å². The highest BCUT2D eigenvalue weighted by Gasteiger charge is 2.30. The third kappa shape index (κ3) is 5.30. The predicted molar refractivity (Wildman–Crippen MR) is 87.1 cm³/mol. The summed E-state index contributed by atoms with van der Waals surface area (Å²) in [6.07, 6.45) is -2.94. The molecule has 1 heterocycles. The summed E-state index contributed by atoms with van der Waals surface area (Å²) in [5.74, 6) is -0.982. The standard InChI is InChI=1S/C18H17F3N2O3/c1-26-16(24)9-11-23(12-15-4-2-3-10-22-15)17(25)13-5-7-14(8-6-13)18(19,20)21/h2-8,10H,9,11-12H2,1H3. The molecular weight excluding hydrogens is 349 g/mol. The predicted octanol–water partition coefficient (Wildman–Crippen LogP) is 3.31. The van der Waals surface area contributed by atoms with E-state index in [2.05, 4.69) is 9.72 Å². The third-order valence-corrected chi connectivity index (χ3v) is 3.64. The van der Waals surface area contributed by atoms with Crippen LogP contribution in [0.4, 0.5) is 13.2 Å². The van der Waals surface area contributed by atoms with E-state index in [1.54, 1.807) is 24.4 Å². The first-order valence-electron chi connectivity index (χ1n) is 7.74. The smallest absolute Gasteiger partial charge is 0.416 e. The van der Waals surface area contributed by atoms with Gasteiger partial charge in [-0.3, -0.25) is 14.6 Å². The van der Waals surface area contributed by atoms with Gasteiger partial charge in [-0.1, -0.05) is 6.07 Å². The Morgan fingerprint density at radius 2 is 1.81 bits per heavy atom. The lowest BCUT2D eigenvalue weighted by molar-refractivity contribution is -0.141. The van der Waals surface area contributed by atoms with E-state index in [0.717, 1.165) is 24.3 Å². The minimum atomic E-state index is -4.47. The summed E-state index contributed by atoms with van der Waals surface area (Å²) in [6.45, 7) is 0.181. The van der Waals surface area contributed by atoms with Gasteiger partial charge >= 0.3 is 12.1 Å². The lowest BCUT2D eigenvalue weighted by Crippen LogP contribution is -2.33. The molecule has 1 aromatic heterocycles. The molecule has 0 radical (unpaired) electrons. The van der Waals surface area contributed by atoms with Crippen LogP contribution in [0.2, 0.25) is 0 Å². The van der Waals surface area contributed by atoms with Crippen LogP contribution in [0.3, 0.4) is 0 Å². The minimum Gasteiger partial charge on any atom is -0.469 e. The van der Waals surface area contributed by atoms with Crippen molar-refractivity contribution in [1.82, 2.24) is 9.88 Å². The second-order valence-corrected chi connectivity index (χ2v) is 5.45. The van der Waals surface area contributed by atoms with E-state index in [9.17, 15) is 22.8 Å². The summed E-state index contributed by atoms with van der Waals surface area (Å²) >= 11 is 0. The van der Waals surface area contributed by atoms with E-state index in [4.69, 9.17) is 0 Å². The molecule has 26 heavy (non-hydrogen) atoms. The first-order chi connectivity index (χ1) is 12.3. The Hall–Kier alpha value is -2.90. The fourth-order valence-electron chi connectivity index (χ4n) is 2.25. The van der Waals surface area contributed by atoms with Gasteiger partial charge in [0.15, 0.2) is 0 Å². The molecule has 0 bridgehead atoms. The quantitative estimate of drug-likeness (QED) is 0.736. The maximum Gasteiger partial charge on any atom is 0.416 e. The molecule has 0 spiro atoms. The number of ether oxygens (including phenoxy) is 1. The number of amides is 1. The number of hydrogen-bond acceptors (Lipinski definition) is 4. The van der Waals surface area contributed by atoms with E-state index in [0.29, 0.717) is 5.69 Å². The van der Waals surface area contributed by atoms with Crippen LogP contribution in [-0.4, -0.2) is 35.4 Å². The van der Waals surface area contributed by atoms with Crippen LogP contribution >= 0.6 is 0 Å². The van der Waals surface area contributed by atoms with Crippen molar-refractivity contribution in [1.29, 1.82) is 0 Å². The van der Waals surface area contributed by atoms with Gasteiger partial charge in [0.25, 0.3) is 5.91 Å². The van der Waals surface area contributed by atoms with Crippen LogP contribution in [0.25, 0.3) is 0 Å². The third-order valence-electron chi connectivity index (χ3n) is 3.64. The maximum absolute atomic E-state index is 12.7. The molecule has 2 aromatic rings. The van der Waals surface area contributed by atoms with Gasteiger partial charge in [0, 0.05) is 18.3 Å². The largest absolute Gasteiger partial charge is 0.469 e. The highest BCUT2D eigenvalue weighted by Crippen LogP contribution is 2.29. The Morgan fingerprint density at radius 3 is 2.35 bits per heavy atom. The Bertz CT molecular complexity index is 747. The van der Waals surface area contributed by atoms with Crippen molar-refractivity contribution >= 4 is 11.9 Å². The van der Waals surface area contributed by atoms with Gasteiger partial charge in [-0.15, -0.1) is 0 Å². The van der Waals surface area contributed by atoms with Crippen molar-refractivity contribution < 1.29 is 27.5 Å². The zero-order chi connectivity index (χ0) is 19.2. The zero-order valence-electron chi connectivity index (χ0n) is 14.0. The molecule has 0 saturated heterocycles. The Balaban J connectivity index is 2.19. The van der Waals surface area contributed by atoms with E-state index in [1.807, 2.05) is 0 Å². The number of rotatable bonds is 6. The fourth-order valence-corrected chi connectivity index (χ4v) is 2.25. The van der Waals surface area contributed by atoms with Crippen LogP contribution < -0.4 is 0 Å². The summed E-state index contributed by atoms with van der Waals surface area (Å²) in [6, 6.07) is 9.14. The van der Waals surface area contributed by atoms with Crippen molar-refractivity contribution in [2.24, 2.45) is 0 Å². The van der Waals surface area contributed by atoms with Gasteiger partial charge in [0.1, 0.15) is 0 Å². The summed E-state index contributed by atoms with van der Waals surface area (Å²) in [5.41, 5.74) is -0.142. The molecule has 0 unspecified atom stereocenters. The molecule has 0 saturated carbocycles. The molecule has 1 amide bonds. The van der Waals surface area contributed by atoms with Crippen molar-refractivity contribution in [3.8, 4) is 0 Å². The molecule has 138 valence electrons. The lowest BCUT2D eigenvalue weighted by atomic mass is 10.1. The molecule has 0 N–H and O–H groups in total. The lowest BCUT2D eigenvalue weighted by Gasteiger charge is -2.22. The monoisotopic (exact) mass is 366 g/mol. The van der Waals surface area contributed by atoms with Crippen LogP contribution in [0.15, 0.2) is 48.7 Å². The first kappa shape index (κ1) is 19.4. The van der Waals surface area contributed by atoms with E-state index in [-0.39, 0.29) is 25.1 Å². The number of hydrogen-bond donors (Lipinski definition) is 0. The number of methoxy groups -OCH3 is 1. The van der Waals surface area contributed by atoms with Crippen molar-refractivity contribution in [3.05, 3.63) is 65.5 Å². The summed E-state index contributed by atoms with van der Waals surface area (Å²) in [5, 5.41) is 0. The average molecular weight is 366 g/mol. The number of halogens is 3. The highest BCUT2D eigenvalue weighted by atomic mass is 19.4. The summed E-state index contributed by atoms with van der Waals surface area (Å²) in [4.78, 5) is 29.5. The molecular formula is C18H17F3N2O3. The highest BCUT2D eigenvalue weighted by molar-refractivity contribution is 5.94. The Kier molecular flexibility index (Phi) is 6.32. The van der Waals surface area contributed by atoms with Crippen LogP contribution in [0.5, 0.6) is 0 Å². The van der Waals surface area contributed by atoms with Crippen molar-refractivity contribution in [2.45, 2.75) is 19.1 Å². The number of carbonyl (C=O) groups is 2. The molecule has 0 fully saturated rings. The Labute approximate surface area is 148 Å². The number of pyridine rings is 1. The SMILES string of the molecule is COC(=O)CCN(Cc1ccccn1)C(=O)c1ccc(C(F)(F)F)cc1. The van der Waals surface area contributed by atoms with E-state index < -0.39 is 23.6 Å². The number of aromatic nitrogens is 1. The van der Waals surface area contributed by atoms with E-state index >= 15 is 0 Å². The molecule has 0 aliphatic heterocycles. The van der Waals surface area contributed by atoms with Gasteiger partial charge in [-0.2, -0.15) is 13.2 Å². The number of nitrogens with zero attached hydrogens (tertiary/aromatic N) is 2. The van der Waals surface area contributed by atoms with Gasteiger partial charge in [0.05, 0.1) is 31.3 Å². The molecule has 1 aromatic carbocycles. The second-order valence-electron chi connectivity index (χ2n) is 5.45. The second kappa shape index (κ2) is 8.46. The molecule has 0 aliphatic carbocycles. The molecule has 0 aliphatic rings. The molecule has 0 atom stereocenters. The molecule has 2 rings (SSSR count). The Morgan fingerprint density at radius 1 is 1.12 bits per heavy atom. The van der Waals surface area contributed by atoms with Crippen LogP contribution in [-0.2, 0) is 22.3 Å². The van der Waals surface area contributed by atoms with Crippen LogP contribution in [0.1, 0.15) is 28.0 Å². The summed E-state index contributed by atoms with van der Waals surface area (Å²) < 4.78 is 42.6. The van der Waals surface area contributed by atoms with Gasteiger partial charge in [-0.25, -0.2) is 0 Å². The fraction of sp³-hybridized carbons (Fsp3) is 0.278. The van der Waals surface area contributed by atoms with Crippen molar-refractivity contribution in [3.63, 3.8) is 0 Å². The number of esters is 1. The first-order valence-corrected chi connectivity index (χ1v) is 7.74.